The van der Waals surface area contributed by atoms with Gasteiger partial charge in [0.1, 0.15) is 0 Å². The number of piperidine rings is 1. The lowest BCUT2D eigenvalue weighted by molar-refractivity contribution is 0.217. The average Bonchev–Trinajstić information content (AvgIpc) is 2.52. The number of rotatable bonds is 3. The van der Waals surface area contributed by atoms with Crippen LogP contribution in [0.15, 0.2) is 27.1 Å². The summed E-state index contributed by atoms with van der Waals surface area (Å²) in [7, 11) is 0. The third-order valence-corrected chi connectivity index (χ3v) is 6.30. The number of halogens is 2. The minimum atomic E-state index is 0.587. The van der Waals surface area contributed by atoms with Crippen LogP contribution in [0.25, 0.3) is 0 Å². The minimum absolute atomic E-state index is 0.587. The van der Waals surface area contributed by atoms with Gasteiger partial charge in [-0.2, -0.15) is 0 Å². The number of anilines is 1. The molecular formula is C17H24Br2N2. The fourth-order valence-corrected chi connectivity index (χ4v) is 5.11. The van der Waals surface area contributed by atoms with Crippen molar-refractivity contribution in [1.82, 2.24) is 5.32 Å². The molecule has 0 spiro atoms. The molecule has 1 aliphatic carbocycles. The molecule has 116 valence electrons. The Morgan fingerprint density at radius 2 is 1.67 bits per heavy atom. The van der Waals surface area contributed by atoms with E-state index in [1.165, 1.54) is 57.2 Å². The van der Waals surface area contributed by atoms with Crippen LogP contribution in [0.4, 0.5) is 5.69 Å². The molecule has 2 nitrogen and oxygen atoms in total. The van der Waals surface area contributed by atoms with Crippen molar-refractivity contribution < 1.29 is 0 Å². The van der Waals surface area contributed by atoms with Crippen molar-refractivity contribution in [1.29, 1.82) is 0 Å². The lowest BCUT2D eigenvalue weighted by atomic mass is 9.77. The smallest absolute Gasteiger partial charge is 0.0631 e. The summed E-state index contributed by atoms with van der Waals surface area (Å²) >= 11 is 7.36. The number of nitrogens with one attached hydrogen (secondary N) is 2. The minimum Gasteiger partial charge on any atom is -0.380 e. The third kappa shape index (κ3) is 3.83. The molecule has 1 saturated carbocycles. The Morgan fingerprint density at radius 3 is 2.38 bits per heavy atom. The molecule has 2 fully saturated rings. The zero-order valence-electron chi connectivity index (χ0n) is 12.4. The maximum Gasteiger partial charge on any atom is 0.0631 e. The maximum atomic E-state index is 3.83. The number of hydrogen-bond acceptors (Lipinski definition) is 2. The molecule has 0 radical (unpaired) electrons. The predicted molar refractivity (Wildman–Crippen MR) is 96.9 cm³/mol. The SMILES string of the molecule is Brc1cccc(Br)c1NC1CCCCC1C1CCCCN1. The first-order chi connectivity index (χ1) is 10.3. The van der Waals surface area contributed by atoms with E-state index < -0.39 is 0 Å². The van der Waals surface area contributed by atoms with Gasteiger partial charge >= 0.3 is 0 Å². The van der Waals surface area contributed by atoms with Crippen LogP contribution in [0.3, 0.4) is 0 Å². The van der Waals surface area contributed by atoms with Gasteiger partial charge in [0.15, 0.2) is 0 Å². The zero-order chi connectivity index (χ0) is 14.7. The van der Waals surface area contributed by atoms with Crippen LogP contribution in [-0.2, 0) is 0 Å². The number of para-hydroxylation sites is 1. The van der Waals surface area contributed by atoms with E-state index in [9.17, 15) is 0 Å². The van der Waals surface area contributed by atoms with Gasteiger partial charge in [-0.05, 0) is 82.1 Å². The van der Waals surface area contributed by atoms with Gasteiger partial charge in [0, 0.05) is 21.0 Å². The summed E-state index contributed by atoms with van der Waals surface area (Å²) in [5.41, 5.74) is 1.21. The first kappa shape index (κ1) is 15.8. The fraction of sp³-hybridized carbons (Fsp3) is 0.647. The van der Waals surface area contributed by atoms with E-state index in [2.05, 4.69) is 60.7 Å². The van der Waals surface area contributed by atoms with E-state index in [1.54, 1.807) is 0 Å². The Hall–Kier alpha value is -0.0600. The van der Waals surface area contributed by atoms with Crippen molar-refractivity contribution in [3.63, 3.8) is 0 Å². The van der Waals surface area contributed by atoms with Crippen molar-refractivity contribution in [2.45, 2.75) is 57.0 Å². The zero-order valence-corrected chi connectivity index (χ0v) is 15.5. The molecule has 3 atom stereocenters. The molecule has 1 aromatic rings. The van der Waals surface area contributed by atoms with Gasteiger partial charge in [-0.15, -0.1) is 0 Å². The maximum absolute atomic E-state index is 3.83. The Morgan fingerprint density at radius 1 is 0.952 bits per heavy atom. The van der Waals surface area contributed by atoms with Crippen molar-refractivity contribution in [2.75, 3.05) is 11.9 Å². The first-order valence-electron chi connectivity index (χ1n) is 8.19. The van der Waals surface area contributed by atoms with E-state index in [0.29, 0.717) is 12.1 Å². The second-order valence-electron chi connectivity index (χ2n) is 6.35. The Kier molecular flexibility index (Phi) is 5.63. The van der Waals surface area contributed by atoms with Gasteiger partial charge in [-0.3, -0.25) is 0 Å². The van der Waals surface area contributed by atoms with Crippen molar-refractivity contribution >= 4 is 37.5 Å². The van der Waals surface area contributed by atoms with Gasteiger partial charge in [0.25, 0.3) is 0 Å². The lowest BCUT2D eigenvalue weighted by Gasteiger charge is -2.40. The van der Waals surface area contributed by atoms with Crippen LogP contribution in [0.2, 0.25) is 0 Å². The predicted octanol–water partition coefficient (Wildman–Crippen LogP) is 5.32. The van der Waals surface area contributed by atoms with Gasteiger partial charge in [0.2, 0.25) is 0 Å². The van der Waals surface area contributed by atoms with E-state index >= 15 is 0 Å². The molecule has 4 heteroatoms. The summed E-state index contributed by atoms with van der Waals surface area (Å²) in [4.78, 5) is 0. The highest BCUT2D eigenvalue weighted by Crippen LogP contribution is 2.36. The second-order valence-corrected chi connectivity index (χ2v) is 8.06. The highest BCUT2D eigenvalue weighted by atomic mass is 79.9. The molecule has 1 aliphatic heterocycles. The monoisotopic (exact) mass is 414 g/mol. The molecule has 3 unspecified atom stereocenters. The molecule has 21 heavy (non-hydrogen) atoms. The highest BCUT2D eigenvalue weighted by molar-refractivity contribution is 9.11. The Bertz CT molecular complexity index is 452. The molecule has 3 rings (SSSR count). The Labute approximate surface area is 144 Å². The molecular weight excluding hydrogens is 392 g/mol. The molecule has 0 aromatic heterocycles. The summed E-state index contributed by atoms with van der Waals surface area (Å²) in [6.45, 7) is 1.20. The molecule has 0 bridgehead atoms. The van der Waals surface area contributed by atoms with E-state index in [1.807, 2.05) is 0 Å². The first-order valence-corrected chi connectivity index (χ1v) is 9.78. The standard InChI is InChI=1S/C17H24Br2N2/c18-13-7-5-8-14(19)17(13)21-16-10-2-1-6-12(16)15-9-3-4-11-20-15/h5,7-8,12,15-16,20-21H,1-4,6,9-11H2. The van der Waals surface area contributed by atoms with Crippen molar-refractivity contribution in [3.8, 4) is 0 Å². The lowest BCUT2D eigenvalue weighted by Crippen LogP contribution is -2.48. The van der Waals surface area contributed by atoms with Gasteiger partial charge in [-0.1, -0.05) is 25.3 Å². The van der Waals surface area contributed by atoms with Crippen LogP contribution in [-0.4, -0.2) is 18.6 Å². The van der Waals surface area contributed by atoms with Gasteiger partial charge < -0.3 is 10.6 Å². The Balaban J connectivity index is 1.74. The topological polar surface area (TPSA) is 24.1 Å². The average molecular weight is 416 g/mol. The molecule has 1 aromatic carbocycles. The van der Waals surface area contributed by atoms with E-state index in [4.69, 9.17) is 0 Å². The van der Waals surface area contributed by atoms with E-state index in [-0.39, 0.29) is 0 Å². The third-order valence-electron chi connectivity index (χ3n) is 4.98. The van der Waals surface area contributed by atoms with Crippen LogP contribution in [0, 0.1) is 5.92 Å². The van der Waals surface area contributed by atoms with Crippen LogP contribution in [0.1, 0.15) is 44.9 Å². The van der Waals surface area contributed by atoms with E-state index in [0.717, 1.165) is 14.9 Å². The second kappa shape index (κ2) is 7.47. The quantitative estimate of drug-likeness (QED) is 0.697. The fourth-order valence-electron chi connectivity index (χ4n) is 3.89. The molecule has 0 amide bonds. The van der Waals surface area contributed by atoms with Crippen molar-refractivity contribution in [2.24, 2.45) is 5.92 Å². The molecule has 1 saturated heterocycles. The van der Waals surface area contributed by atoms with Crippen LogP contribution >= 0.6 is 31.9 Å². The van der Waals surface area contributed by atoms with Crippen molar-refractivity contribution in [3.05, 3.63) is 27.1 Å². The van der Waals surface area contributed by atoms with Crippen LogP contribution < -0.4 is 10.6 Å². The molecule has 2 aliphatic rings. The van der Waals surface area contributed by atoms with Gasteiger partial charge in [0.05, 0.1) is 5.69 Å². The summed E-state index contributed by atoms with van der Waals surface area (Å²) in [6, 6.07) is 7.59. The largest absolute Gasteiger partial charge is 0.380 e. The highest BCUT2D eigenvalue weighted by Gasteiger charge is 2.32. The number of benzene rings is 1. The van der Waals surface area contributed by atoms with Crippen LogP contribution in [0.5, 0.6) is 0 Å². The normalized spacial score (nSPS) is 30.1. The molecule has 1 heterocycles. The number of hydrogen-bond donors (Lipinski definition) is 2. The molecule has 2 N–H and O–H groups in total. The summed E-state index contributed by atoms with van der Waals surface area (Å²) in [5, 5.41) is 7.60. The van der Waals surface area contributed by atoms with Gasteiger partial charge in [-0.25, -0.2) is 0 Å². The summed E-state index contributed by atoms with van der Waals surface area (Å²) < 4.78 is 2.30. The summed E-state index contributed by atoms with van der Waals surface area (Å²) in [5.74, 6) is 0.762. The summed E-state index contributed by atoms with van der Waals surface area (Å²) in [6.07, 6.45) is 9.46.